The fraction of sp³-hybridized carbons (Fsp3) is 0.579. The third kappa shape index (κ3) is 5.64. The van der Waals surface area contributed by atoms with Gasteiger partial charge in [-0.25, -0.2) is 14.9 Å². The van der Waals surface area contributed by atoms with Gasteiger partial charge in [-0.15, -0.1) is 0 Å². The number of nitrogens with one attached hydrogen (secondary N) is 2. The summed E-state index contributed by atoms with van der Waals surface area (Å²) < 4.78 is 13.5. The summed E-state index contributed by atoms with van der Waals surface area (Å²) in [5.74, 6) is -0.941. The maximum Gasteiger partial charge on any atom is 0.303 e. The average Bonchev–Trinajstić information content (AvgIpc) is 3.11. The molecule has 1 aliphatic heterocycles. The third-order valence-corrected chi connectivity index (χ3v) is 5.62. The summed E-state index contributed by atoms with van der Waals surface area (Å²) in [6.07, 6.45) is 10.2. The molecule has 2 aliphatic rings. The lowest BCUT2D eigenvalue weighted by Crippen LogP contribution is -2.31. The topological polar surface area (TPSA) is 77.5 Å². The lowest BCUT2D eigenvalue weighted by molar-refractivity contribution is -0.126. The minimum atomic E-state index is -1.21. The highest BCUT2D eigenvalue weighted by Gasteiger charge is 2.26. The molecule has 6 nitrogen and oxygen atoms in total. The second-order valence-corrected chi connectivity index (χ2v) is 7.83. The number of hydroxylamine groups is 1. The molecule has 148 valence electrons. The lowest BCUT2D eigenvalue weighted by atomic mass is 9.89. The molecule has 1 saturated heterocycles. The molecule has 1 amide bonds. The van der Waals surface area contributed by atoms with Gasteiger partial charge in [-0.05, 0) is 42.9 Å². The van der Waals surface area contributed by atoms with Crippen LogP contribution < -0.4 is 10.8 Å². The van der Waals surface area contributed by atoms with E-state index in [2.05, 4.69) is 15.2 Å². The summed E-state index contributed by atoms with van der Waals surface area (Å²) in [6.45, 7) is 3.23. The second-order valence-electron chi connectivity index (χ2n) is 7.43. The van der Waals surface area contributed by atoms with Crippen LogP contribution in [0.2, 0.25) is 5.02 Å². The number of rotatable bonds is 6. The van der Waals surface area contributed by atoms with Crippen LogP contribution in [0.4, 0.5) is 10.2 Å². The molecule has 1 aliphatic carbocycles. The van der Waals surface area contributed by atoms with Gasteiger partial charge in [-0.2, -0.15) is 0 Å². The predicted molar refractivity (Wildman–Crippen MR) is 103 cm³/mol. The number of nitrogens with zero attached hydrogens (tertiary/aromatic N) is 2. The molecular formula is C19H26ClFN4O2. The Balaban J connectivity index is 1.54. The quantitative estimate of drug-likeness (QED) is 0.389. The van der Waals surface area contributed by atoms with Gasteiger partial charge in [0.1, 0.15) is 5.82 Å². The molecular weight excluding hydrogens is 371 g/mol. The molecule has 0 radical (unpaired) electrons. The first kappa shape index (κ1) is 20.0. The summed E-state index contributed by atoms with van der Waals surface area (Å²) in [6, 6.07) is 1.83. The molecule has 2 fully saturated rings. The SMILES string of the molecule is O=C(NO)/C(F)=C\c1cnc(N[C@@H]2CCN(CC3CCCCC3)C2)c(Cl)c1. The van der Waals surface area contributed by atoms with Crippen LogP contribution >= 0.6 is 11.6 Å². The van der Waals surface area contributed by atoms with Gasteiger partial charge in [0.05, 0.1) is 5.02 Å². The van der Waals surface area contributed by atoms with E-state index in [1.165, 1.54) is 56.4 Å². The predicted octanol–water partition coefficient (Wildman–Crippen LogP) is 3.62. The van der Waals surface area contributed by atoms with E-state index in [4.69, 9.17) is 16.8 Å². The van der Waals surface area contributed by atoms with Crippen molar-refractivity contribution < 1.29 is 14.4 Å². The molecule has 1 atom stereocenters. The first-order chi connectivity index (χ1) is 13.0. The number of hydrogen-bond acceptors (Lipinski definition) is 5. The molecule has 2 heterocycles. The molecule has 1 aromatic heterocycles. The number of pyridine rings is 1. The lowest BCUT2D eigenvalue weighted by Gasteiger charge is -2.26. The number of carbonyl (C=O) groups excluding carboxylic acids is 1. The Morgan fingerprint density at radius 1 is 1.37 bits per heavy atom. The number of hydrogen-bond donors (Lipinski definition) is 3. The van der Waals surface area contributed by atoms with Crippen LogP contribution in [-0.4, -0.2) is 46.7 Å². The van der Waals surface area contributed by atoms with Crippen molar-refractivity contribution in [3.8, 4) is 0 Å². The molecule has 0 spiro atoms. The molecule has 0 aromatic carbocycles. The largest absolute Gasteiger partial charge is 0.365 e. The van der Waals surface area contributed by atoms with Crippen molar-refractivity contribution in [3.63, 3.8) is 0 Å². The summed E-state index contributed by atoms with van der Waals surface area (Å²) in [4.78, 5) is 17.8. The molecule has 0 bridgehead atoms. The van der Waals surface area contributed by atoms with Crippen LogP contribution in [0.25, 0.3) is 6.08 Å². The monoisotopic (exact) mass is 396 g/mol. The van der Waals surface area contributed by atoms with Crippen LogP contribution in [0.5, 0.6) is 0 Å². The Morgan fingerprint density at radius 2 is 2.15 bits per heavy atom. The first-order valence-electron chi connectivity index (χ1n) is 9.51. The standard InChI is InChI=1S/C19H26ClFN4O2/c20-16-8-14(9-17(21)19(26)24-27)10-22-18(16)23-15-6-7-25(12-15)11-13-4-2-1-3-5-13/h8-10,13,15,27H,1-7,11-12H2,(H,22,23)(H,24,26)/b17-9+/t15-/m1/s1. The molecule has 3 rings (SSSR count). The third-order valence-electron chi connectivity index (χ3n) is 5.33. The summed E-state index contributed by atoms with van der Waals surface area (Å²) in [5, 5.41) is 12.2. The Hall–Kier alpha value is -1.70. The van der Waals surface area contributed by atoms with Gasteiger partial charge >= 0.3 is 5.91 Å². The molecule has 1 aromatic rings. The summed E-state index contributed by atoms with van der Waals surface area (Å²) in [5.41, 5.74) is 1.58. The highest BCUT2D eigenvalue weighted by atomic mass is 35.5. The fourth-order valence-corrected chi connectivity index (χ4v) is 4.18. The van der Waals surface area contributed by atoms with Crippen LogP contribution in [0, 0.1) is 5.92 Å². The summed E-state index contributed by atoms with van der Waals surface area (Å²) in [7, 11) is 0. The average molecular weight is 397 g/mol. The molecule has 1 saturated carbocycles. The minimum absolute atomic E-state index is 0.289. The van der Waals surface area contributed by atoms with E-state index < -0.39 is 11.7 Å². The molecule has 27 heavy (non-hydrogen) atoms. The highest BCUT2D eigenvalue weighted by Crippen LogP contribution is 2.27. The van der Waals surface area contributed by atoms with Gasteiger partial charge in [0.15, 0.2) is 5.83 Å². The van der Waals surface area contributed by atoms with E-state index in [1.54, 1.807) is 0 Å². The van der Waals surface area contributed by atoms with Crippen molar-refractivity contribution in [2.24, 2.45) is 5.92 Å². The van der Waals surface area contributed by atoms with Crippen LogP contribution in [-0.2, 0) is 4.79 Å². The van der Waals surface area contributed by atoms with Crippen molar-refractivity contribution in [2.75, 3.05) is 25.0 Å². The highest BCUT2D eigenvalue weighted by molar-refractivity contribution is 6.33. The second kappa shape index (κ2) is 9.48. The van der Waals surface area contributed by atoms with E-state index in [-0.39, 0.29) is 6.04 Å². The number of anilines is 1. The van der Waals surface area contributed by atoms with Crippen molar-refractivity contribution in [1.29, 1.82) is 0 Å². The van der Waals surface area contributed by atoms with E-state index in [0.29, 0.717) is 16.4 Å². The molecule has 0 unspecified atom stereocenters. The fourth-order valence-electron chi connectivity index (χ4n) is 3.95. The van der Waals surface area contributed by atoms with Crippen molar-refractivity contribution in [1.82, 2.24) is 15.4 Å². The van der Waals surface area contributed by atoms with Gasteiger partial charge < -0.3 is 10.2 Å². The van der Waals surface area contributed by atoms with Crippen molar-refractivity contribution in [3.05, 3.63) is 28.7 Å². The van der Waals surface area contributed by atoms with E-state index in [9.17, 15) is 9.18 Å². The maximum atomic E-state index is 13.5. The van der Waals surface area contributed by atoms with Crippen molar-refractivity contribution in [2.45, 2.75) is 44.6 Å². The number of aromatic nitrogens is 1. The van der Waals surface area contributed by atoms with Gasteiger partial charge in [0.2, 0.25) is 0 Å². The molecule has 8 heteroatoms. The smallest absolute Gasteiger partial charge is 0.303 e. The Kier molecular flexibility index (Phi) is 7.04. The van der Waals surface area contributed by atoms with Gasteiger partial charge in [0, 0.05) is 31.9 Å². The van der Waals surface area contributed by atoms with Crippen LogP contribution in [0.3, 0.4) is 0 Å². The number of amides is 1. The normalized spacial score (nSPS) is 22.0. The van der Waals surface area contributed by atoms with Gasteiger partial charge in [-0.1, -0.05) is 30.9 Å². The van der Waals surface area contributed by atoms with E-state index >= 15 is 0 Å². The van der Waals surface area contributed by atoms with Crippen molar-refractivity contribution >= 4 is 29.4 Å². The maximum absolute atomic E-state index is 13.5. The zero-order chi connectivity index (χ0) is 19.2. The van der Waals surface area contributed by atoms with E-state index in [1.807, 2.05) is 0 Å². The minimum Gasteiger partial charge on any atom is -0.365 e. The van der Waals surface area contributed by atoms with E-state index in [0.717, 1.165) is 31.5 Å². The van der Waals surface area contributed by atoms with Crippen LogP contribution in [0.1, 0.15) is 44.1 Å². The Labute approximate surface area is 163 Å². The zero-order valence-electron chi connectivity index (χ0n) is 15.3. The van der Waals surface area contributed by atoms with Gasteiger partial charge in [0.25, 0.3) is 0 Å². The first-order valence-corrected chi connectivity index (χ1v) is 9.89. The molecule has 3 N–H and O–H groups in total. The number of halogens is 2. The summed E-state index contributed by atoms with van der Waals surface area (Å²) >= 11 is 6.26. The number of likely N-dealkylation sites (tertiary alicyclic amines) is 1. The number of carbonyl (C=O) groups is 1. The van der Waals surface area contributed by atoms with Gasteiger partial charge in [-0.3, -0.25) is 10.0 Å². The zero-order valence-corrected chi connectivity index (χ0v) is 16.0. The van der Waals surface area contributed by atoms with Crippen LogP contribution in [0.15, 0.2) is 18.1 Å². The Morgan fingerprint density at radius 3 is 2.85 bits per heavy atom. The Bertz CT molecular complexity index is 694.